The molecule has 6 heteroatoms. The van der Waals surface area contributed by atoms with Crippen molar-refractivity contribution in [2.45, 2.75) is 39.2 Å². The van der Waals surface area contributed by atoms with Gasteiger partial charge in [0.25, 0.3) is 5.91 Å². The maximum absolute atomic E-state index is 12.7. The summed E-state index contributed by atoms with van der Waals surface area (Å²) in [5, 5.41) is 5.97. The lowest BCUT2D eigenvalue weighted by atomic mass is 9.98. The molecule has 2 aromatic rings. The minimum Gasteiger partial charge on any atom is -0.350 e. The van der Waals surface area contributed by atoms with Crippen molar-refractivity contribution in [3.63, 3.8) is 0 Å². The maximum Gasteiger partial charge on any atom is 0.253 e. The number of likely N-dealkylation sites (tertiary alicyclic amines) is 1. The molecule has 0 spiro atoms. The zero-order valence-electron chi connectivity index (χ0n) is 15.3. The highest BCUT2D eigenvalue weighted by molar-refractivity contribution is 7.09. The lowest BCUT2D eigenvalue weighted by Crippen LogP contribution is -2.39. The van der Waals surface area contributed by atoms with Crippen molar-refractivity contribution in [3.05, 3.63) is 52.0 Å². The number of benzene rings is 1. The van der Waals surface area contributed by atoms with Gasteiger partial charge < -0.3 is 10.2 Å². The summed E-state index contributed by atoms with van der Waals surface area (Å²) in [5.74, 6) is 0.382. The van der Waals surface area contributed by atoms with Gasteiger partial charge in [0.1, 0.15) is 0 Å². The van der Waals surface area contributed by atoms with Crippen molar-refractivity contribution >= 4 is 23.2 Å². The van der Waals surface area contributed by atoms with E-state index in [1.54, 1.807) is 11.3 Å². The number of amides is 2. The topological polar surface area (TPSA) is 62.3 Å². The summed E-state index contributed by atoms with van der Waals surface area (Å²) in [6.07, 6.45) is 2.03. The number of carbonyl (C=O) groups excluding carboxylic acids is 2. The Morgan fingerprint density at radius 3 is 2.81 bits per heavy atom. The van der Waals surface area contributed by atoms with Crippen molar-refractivity contribution in [1.82, 2.24) is 15.2 Å². The fraction of sp³-hybridized carbons (Fsp3) is 0.450. The second kappa shape index (κ2) is 8.45. The van der Waals surface area contributed by atoms with Crippen LogP contribution in [0.3, 0.4) is 0 Å². The first-order valence-corrected chi connectivity index (χ1v) is 9.99. The fourth-order valence-electron chi connectivity index (χ4n) is 3.10. The molecule has 1 aromatic carbocycles. The summed E-state index contributed by atoms with van der Waals surface area (Å²) < 4.78 is 0. The van der Waals surface area contributed by atoms with Crippen molar-refractivity contribution in [3.8, 4) is 0 Å². The molecule has 0 bridgehead atoms. The van der Waals surface area contributed by atoms with Crippen molar-refractivity contribution in [2.75, 3.05) is 13.1 Å². The minimum absolute atomic E-state index is 0.0241. The van der Waals surface area contributed by atoms with E-state index >= 15 is 0 Å². The second-order valence-corrected chi connectivity index (χ2v) is 7.90. The third kappa shape index (κ3) is 4.49. The molecule has 1 aromatic heterocycles. The number of hydrogen-bond donors (Lipinski definition) is 1. The first-order valence-electron chi connectivity index (χ1n) is 9.11. The molecule has 2 heterocycles. The average Bonchev–Trinajstić information content (AvgIpc) is 3.15. The third-order valence-electron chi connectivity index (χ3n) is 4.62. The number of piperidine rings is 1. The van der Waals surface area contributed by atoms with Crippen LogP contribution in [0, 0.1) is 5.92 Å². The molecule has 1 N–H and O–H groups in total. The Kier molecular flexibility index (Phi) is 6.04. The highest BCUT2D eigenvalue weighted by atomic mass is 32.1. The molecule has 1 aliphatic heterocycles. The summed E-state index contributed by atoms with van der Waals surface area (Å²) in [4.78, 5) is 31.0. The summed E-state index contributed by atoms with van der Waals surface area (Å²) in [7, 11) is 0. The summed E-state index contributed by atoms with van der Waals surface area (Å²) in [5.41, 5.74) is 1.63. The normalized spacial score (nSPS) is 17.3. The molecular weight excluding hydrogens is 346 g/mol. The number of thiazole rings is 1. The van der Waals surface area contributed by atoms with Crippen LogP contribution in [-0.2, 0) is 11.3 Å². The van der Waals surface area contributed by atoms with E-state index < -0.39 is 0 Å². The van der Waals surface area contributed by atoms with Crippen molar-refractivity contribution < 1.29 is 9.59 Å². The highest BCUT2D eigenvalue weighted by Crippen LogP contribution is 2.30. The number of nitrogens with one attached hydrogen (secondary N) is 1. The summed E-state index contributed by atoms with van der Waals surface area (Å²) >= 11 is 1.63. The van der Waals surface area contributed by atoms with Gasteiger partial charge in [0.15, 0.2) is 0 Å². The molecule has 0 saturated carbocycles. The van der Waals surface area contributed by atoms with Gasteiger partial charge in [-0.2, -0.15) is 0 Å². The number of aromatic nitrogens is 1. The Bertz CT molecular complexity index is 757. The Hall–Kier alpha value is -2.21. The Morgan fingerprint density at radius 1 is 1.31 bits per heavy atom. The van der Waals surface area contributed by atoms with Crippen molar-refractivity contribution in [2.24, 2.45) is 5.92 Å². The monoisotopic (exact) mass is 371 g/mol. The zero-order chi connectivity index (χ0) is 18.5. The summed E-state index contributed by atoms with van der Waals surface area (Å²) in [6, 6.07) is 9.45. The number of hydrogen-bond acceptors (Lipinski definition) is 4. The lowest BCUT2D eigenvalue weighted by Gasteiger charge is -2.32. The highest BCUT2D eigenvalue weighted by Gasteiger charge is 2.27. The van der Waals surface area contributed by atoms with Gasteiger partial charge in [-0.05, 0) is 25.0 Å². The van der Waals surface area contributed by atoms with Crippen LogP contribution >= 0.6 is 11.3 Å². The molecule has 0 radical (unpaired) electrons. The van der Waals surface area contributed by atoms with E-state index in [2.05, 4.69) is 5.32 Å². The van der Waals surface area contributed by atoms with Crippen LogP contribution < -0.4 is 5.32 Å². The number of nitrogens with zero attached hydrogens (tertiary/aromatic N) is 2. The molecule has 0 aliphatic carbocycles. The first kappa shape index (κ1) is 18.6. The average molecular weight is 372 g/mol. The van der Waals surface area contributed by atoms with Gasteiger partial charge in [0.2, 0.25) is 5.91 Å². The number of rotatable bonds is 5. The largest absolute Gasteiger partial charge is 0.350 e. The van der Waals surface area contributed by atoms with Crippen LogP contribution in [0.1, 0.15) is 53.7 Å². The molecule has 1 atom stereocenters. The van der Waals surface area contributed by atoms with Crippen molar-refractivity contribution in [1.29, 1.82) is 0 Å². The van der Waals surface area contributed by atoms with Gasteiger partial charge in [-0.3, -0.25) is 9.59 Å². The van der Waals surface area contributed by atoms with Crippen LogP contribution in [0.15, 0.2) is 35.7 Å². The Morgan fingerprint density at radius 2 is 2.08 bits per heavy atom. The molecule has 1 saturated heterocycles. The van der Waals surface area contributed by atoms with Crippen LogP contribution in [0.25, 0.3) is 0 Å². The van der Waals surface area contributed by atoms with Crippen LogP contribution in [0.2, 0.25) is 0 Å². The van der Waals surface area contributed by atoms with E-state index in [1.165, 1.54) is 0 Å². The fourth-order valence-corrected chi connectivity index (χ4v) is 4.05. The third-order valence-corrected chi connectivity index (χ3v) is 5.67. The molecule has 0 unspecified atom stereocenters. The van der Waals surface area contributed by atoms with Gasteiger partial charge in [-0.25, -0.2) is 4.98 Å². The SMILES string of the molecule is CC(C)C(=O)NCc1csc([C@H]2CCCN(C(=O)c3ccccc3)C2)n1. The molecular formula is C20H25N3O2S. The smallest absolute Gasteiger partial charge is 0.253 e. The Balaban J connectivity index is 1.61. The zero-order valence-corrected chi connectivity index (χ0v) is 16.1. The van der Waals surface area contributed by atoms with Gasteiger partial charge in [0.05, 0.1) is 17.2 Å². The molecule has 2 amide bonds. The quantitative estimate of drug-likeness (QED) is 0.876. The van der Waals surface area contributed by atoms with E-state index in [9.17, 15) is 9.59 Å². The minimum atomic E-state index is -0.0241. The predicted octanol–water partition coefficient (Wildman–Crippen LogP) is 3.44. The second-order valence-electron chi connectivity index (χ2n) is 7.01. The standard InChI is InChI=1S/C20H25N3O2S/c1-14(2)18(24)21-11-17-13-26-19(22-17)16-9-6-10-23(12-16)20(25)15-7-4-3-5-8-15/h3-5,7-8,13-14,16H,6,9-12H2,1-2H3,(H,21,24)/t16-/m0/s1. The molecule has 138 valence electrons. The van der Waals surface area contributed by atoms with Crippen LogP contribution in [0.4, 0.5) is 0 Å². The molecule has 1 aliphatic rings. The van der Waals surface area contributed by atoms with E-state index in [1.807, 2.05) is 54.5 Å². The van der Waals surface area contributed by atoms with Crippen LogP contribution in [-0.4, -0.2) is 34.8 Å². The molecule has 5 nitrogen and oxygen atoms in total. The van der Waals surface area contributed by atoms with Crippen LogP contribution in [0.5, 0.6) is 0 Å². The van der Waals surface area contributed by atoms with Gasteiger partial charge in [0, 0.05) is 35.9 Å². The molecule has 1 fully saturated rings. The van der Waals surface area contributed by atoms with E-state index in [4.69, 9.17) is 4.98 Å². The van der Waals surface area contributed by atoms with E-state index in [0.717, 1.165) is 35.7 Å². The van der Waals surface area contributed by atoms with Gasteiger partial charge in [-0.15, -0.1) is 11.3 Å². The Labute approximate surface area is 158 Å². The van der Waals surface area contributed by atoms with Gasteiger partial charge in [-0.1, -0.05) is 32.0 Å². The molecule has 3 rings (SSSR count). The summed E-state index contributed by atoms with van der Waals surface area (Å²) in [6.45, 7) is 5.73. The maximum atomic E-state index is 12.7. The predicted molar refractivity (Wildman–Crippen MR) is 103 cm³/mol. The molecule has 26 heavy (non-hydrogen) atoms. The lowest BCUT2D eigenvalue weighted by molar-refractivity contribution is -0.124. The van der Waals surface area contributed by atoms with Gasteiger partial charge >= 0.3 is 0 Å². The number of carbonyl (C=O) groups is 2. The first-order chi connectivity index (χ1) is 12.5. The van der Waals surface area contributed by atoms with E-state index in [0.29, 0.717) is 13.1 Å². The van der Waals surface area contributed by atoms with E-state index in [-0.39, 0.29) is 23.7 Å².